The van der Waals surface area contributed by atoms with E-state index < -0.39 is 0 Å². The van der Waals surface area contributed by atoms with E-state index in [1.807, 2.05) is 24.3 Å². The van der Waals surface area contributed by atoms with Gasteiger partial charge in [0.1, 0.15) is 0 Å². The Bertz CT molecular complexity index is 516. The molecule has 0 amide bonds. The van der Waals surface area contributed by atoms with E-state index in [1.54, 1.807) is 24.0 Å². The maximum Gasteiger partial charge on any atom is 0.0963 e. The molecule has 1 heterocycles. The summed E-state index contributed by atoms with van der Waals surface area (Å²) in [6.07, 6.45) is 1.79. The minimum atomic E-state index is 0.665. The van der Waals surface area contributed by atoms with Gasteiger partial charge in [0.2, 0.25) is 0 Å². The van der Waals surface area contributed by atoms with Gasteiger partial charge in [-0.3, -0.25) is 0 Å². The third-order valence-corrected chi connectivity index (χ3v) is 3.88. The maximum absolute atomic E-state index is 5.88. The maximum atomic E-state index is 5.88. The normalized spacial score (nSPS) is 10.5. The van der Waals surface area contributed by atoms with Crippen LogP contribution in [0.1, 0.15) is 5.56 Å². The lowest BCUT2D eigenvalue weighted by atomic mass is 10.2. The first-order valence-electron chi connectivity index (χ1n) is 4.93. The van der Waals surface area contributed by atoms with Crippen LogP contribution in [0.2, 0.25) is 5.02 Å². The second-order valence-corrected chi connectivity index (χ2v) is 5.79. The first-order chi connectivity index (χ1) is 8.15. The number of nitrogens with zero attached hydrogens (tertiary/aromatic N) is 1. The molecule has 0 fully saturated rings. The second-order valence-electron chi connectivity index (χ2n) is 3.45. The first kappa shape index (κ1) is 12.7. The minimum absolute atomic E-state index is 0.665. The smallest absolute Gasteiger partial charge is 0.0963 e. The number of nitrogens with two attached hydrogens (primary N) is 1. The molecule has 2 N–H and O–H groups in total. The van der Waals surface area contributed by atoms with Crippen molar-refractivity contribution in [3.05, 3.63) is 51.6 Å². The van der Waals surface area contributed by atoms with Crippen LogP contribution >= 0.6 is 39.3 Å². The highest BCUT2D eigenvalue weighted by Crippen LogP contribution is 2.26. The zero-order valence-electron chi connectivity index (χ0n) is 8.86. The van der Waals surface area contributed by atoms with E-state index in [2.05, 4.69) is 20.9 Å². The highest BCUT2D eigenvalue weighted by Gasteiger charge is 2.02. The monoisotopic (exact) mass is 328 g/mol. The van der Waals surface area contributed by atoms with Crippen molar-refractivity contribution < 1.29 is 0 Å². The number of benzene rings is 1. The van der Waals surface area contributed by atoms with Gasteiger partial charge in [0.15, 0.2) is 0 Å². The zero-order chi connectivity index (χ0) is 12.3. The first-order valence-corrected chi connectivity index (χ1v) is 7.09. The van der Waals surface area contributed by atoms with E-state index in [-0.39, 0.29) is 0 Å². The van der Waals surface area contributed by atoms with Gasteiger partial charge in [-0.05, 0) is 45.8 Å². The van der Waals surface area contributed by atoms with E-state index in [0.29, 0.717) is 5.02 Å². The molecule has 2 nitrogen and oxygen atoms in total. The highest BCUT2D eigenvalue weighted by molar-refractivity contribution is 9.10. The molecule has 0 aliphatic rings. The molecular formula is C12H10BrClN2S. The predicted molar refractivity (Wildman–Crippen MR) is 77.4 cm³/mol. The molecule has 0 radical (unpaired) electrons. The van der Waals surface area contributed by atoms with Crippen molar-refractivity contribution in [2.24, 2.45) is 0 Å². The molecule has 0 atom stereocenters. The summed E-state index contributed by atoms with van der Waals surface area (Å²) in [4.78, 5) is 4.29. The van der Waals surface area contributed by atoms with Crippen LogP contribution in [0.25, 0.3) is 0 Å². The van der Waals surface area contributed by atoms with Crippen molar-refractivity contribution in [2.45, 2.75) is 10.8 Å². The highest BCUT2D eigenvalue weighted by atomic mass is 79.9. The third kappa shape index (κ3) is 3.63. The Labute approximate surface area is 118 Å². The second kappa shape index (κ2) is 5.76. The van der Waals surface area contributed by atoms with Gasteiger partial charge in [0, 0.05) is 27.1 Å². The fourth-order valence-corrected chi connectivity index (χ4v) is 2.57. The van der Waals surface area contributed by atoms with Gasteiger partial charge in [0.25, 0.3) is 0 Å². The standard InChI is InChI=1S/C12H10BrClN2S/c13-9-2-4-12(16-6-9)17-7-8-1-3-10(14)5-11(8)15/h1-6H,7,15H2. The molecule has 0 saturated heterocycles. The van der Waals surface area contributed by atoms with E-state index in [4.69, 9.17) is 17.3 Å². The van der Waals surface area contributed by atoms with Crippen molar-refractivity contribution in [1.29, 1.82) is 0 Å². The zero-order valence-corrected chi connectivity index (χ0v) is 12.0. The van der Waals surface area contributed by atoms with E-state index >= 15 is 0 Å². The van der Waals surface area contributed by atoms with Crippen molar-refractivity contribution in [1.82, 2.24) is 4.98 Å². The van der Waals surface area contributed by atoms with Crippen molar-refractivity contribution in [3.8, 4) is 0 Å². The molecule has 0 bridgehead atoms. The summed E-state index contributed by atoms with van der Waals surface area (Å²) in [6, 6.07) is 9.51. The lowest BCUT2D eigenvalue weighted by molar-refractivity contribution is 1.12. The Morgan fingerprint density at radius 1 is 1.29 bits per heavy atom. The molecule has 0 spiro atoms. The SMILES string of the molecule is Nc1cc(Cl)ccc1CSc1ccc(Br)cn1. The van der Waals surface area contributed by atoms with Crippen molar-refractivity contribution in [2.75, 3.05) is 5.73 Å². The molecule has 1 aromatic heterocycles. The largest absolute Gasteiger partial charge is 0.398 e. The van der Waals surface area contributed by atoms with Gasteiger partial charge in [-0.25, -0.2) is 4.98 Å². The number of hydrogen-bond acceptors (Lipinski definition) is 3. The quantitative estimate of drug-likeness (QED) is 0.671. The lowest BCUT2D eigenvalue weighted by Gasteiger charge is -2.05. The Morgan fingerprint density at radius 2 is 2.12 bits per heavy atom. The van der Waals surface area contributed by atoms with Crippen LogP contribution in [0.15, 0.2) is 46.0 Å². The summed E-state index contributed by atoms with van der Waals surface area (Å²) in [7, 11) is 0. The summed E-state index contributed by atoms with van der Waals surface area (Å²) in [5.41, 5.74) is 7.68. The molecule has 0 aliphatic carbocycles. The molecule has 2 aromatic rings. The van der Waals surface area contributed by atoms with Crippen LogP contribution in [-0.2, 0) is 5.75 Å². The van der Waals surface area contributed by atoms with Crippen LogP contribution in [0.4, 0.5) is 5.69 Å². The number of anilines is 1. The summed E-state index contributed by atoms with van der Waals surface area (Å²) < 4.78 is 0.979. The molecule has 0 aliphatic heterocycles. The van der Waals surface area contributed by atoms with Gasteiger partial charge in [-0.15, -0.1) is 11.8 Å². The number of hydrogen-bond donors (Lipinski definition) is 1. The molecule has 0 saturated carbocycles. The number of nitrogen functional groups attached to an aromatic ring is 1. The average Bonchev–Trinajstić information content (AvgIpc) is 2.30. The van der Waals surface area contributed by atoms with Crippen LogP contribution in [0.5, 0.6) is 0 Å². The fraction of sp³-hybridized carbons (Fsp3) is 0.0833. The Hall–Kier alpha value is -0.710. The lowest BCUT2D eigenvalue weighted by Crippen LogP contribution is -1.92. The number of thioether (sulfide) groups is 1. The van der Waals surface area contributed by atoms with Crippen LogP contribution in [0.3, 0.4) is 0 Å². The van der Waals surface area contributed by atoms with E-state index in [1.165, 1.54) is 0 Å². The van der Waals surface area contributed by atoms with Gasteiger partial charge in [0.05, 0.1) is 5.03 Å². The topological polar surface area (TPSA) is 38.9 Å². The summed E-state index contributed by atoms with van der Waals surface area (Å²) in [5, 5.41) is 1.64. The number of aromatic nitrogens is 1. The molecule has 17 heavy (non-hydrogen) atoms. The van der Waals surface area contributed by atoms with Crippen LogP contribution < -0.4 is 5.73 Å². The molecule has 5 heteroatoms. The minimum Gasteiger partial charge on any atom is -0.398 e. The van der Waals surface area contributed by atoms with Crippen molar-refractivity contribution >= 4 is 45.0 Å². The van der Waals surface area contributed by atoms with Gasteiger partial charge >= 0.3 is 0 Å². The summed E-state index contributed by atoms with van der Waals surface area (Å²) >= 11 is 10.8. The Balaban J connectivity index is 2.04. The average molecular weight is 330 g/mol. The van der Waals surface area contributed by atoms with Gasteiger partial charge in [-0.1, -0.05) is 17.7 Å². The number of pyridine rings is 1. The Morgan fingerprint density at radius 3 is 2.76 bits per heavy atom. The van der Waals surface area contributed by atoms with E-state index in [9.17, 15) is 0 Å². The number of halogens is 2. The number of rotatable bonds is 3. The fourth-order valence-electron chi connectivity index (χ4n) is 1.30. The molecular weight excluding hydrogens is 320 g/mol. The predicted octanol–water partition coefficient (Wildman–Crippen LogP) is 4.37. The van der Waals surface area contributed by atoms with Gasteiger partial charge < -0.3 is 5.73 Å². The summed E-state index contributed by atoms with van der Waals surface area (Å²) in [6.45, 7) is 0. The Kier molecular flexibility index (Phi) is 4.31. The van der Waals surface area contributed by atoms with Crippen molar-refractivity contribution in [3.63, 3.8) is 0 Å². The third-order valence-electron chi connectivity index (χ3n) is 2.18. The molecule has 0 unspecified atom stereocenters. The van der Waals surface area contributed by atoms with Crippen LogP contribution in [0, 0.1) is 0 Å². The summed E-state index contributed by atoms with van der Waals surface area (Å²) in [5.74, 6) is 0.789. The van der Waals surface area contributed by atoms with E-state index in [0.717, 1.165) is 26.5 Å². The molecule has 1 aromatic carbocycles. The van der Waals surface area contributed by atoms with Crippen LogP contribution in [-0.4, -0.2) is 4.98 Å². The van der Waals surface area contributed by atoms with Gasteiger partial charge in [-0.2, -0.15) is 0 Å². The molecule has 88 valence electrons. The molecule has 2 rings (SSSR count).